The number of nitrogens with zero attached hydrogens (tertiary/aromatic N) is 2. The summed E-state index contributed by atoms with van der Waals surface area (Å²) in [6, 6.07) is 9.28. The Balaban J connectivity index is 1.83. The van der Waals surface area contributed by atoms with Crippen molar-refractivity contribution in [2.75, 3.05) is 5.32 Å². The number of rotatable bonds is 4. The lowest BCUT2D eigenvalue weighted by atomic mass is 10.1. The third kappa shape index (κ3) is 3.32. The number of anilines is 1. The van der Waals surface area contributed by atoms with E-state index in [-0.39, 0.29) is 11.8 Å². The van der Waals surface area contributed by atoms with Crippen molar-refractivity contribution in [1.29, 1.82) is 0 Å². The number of amides is 1. The van der Waals surface area contributed by atoms with Crippen molar-refractivity contribution >= 4 is 22.9 Å². The molecule has 0 saturated heterocycles. The van der Waals surface area contributed by atoms with E-state index >= 15 is 0 Å². The van der Waals surface area contributed by atoms with E-state index in [0.29, 0.717) is 23.0 Å². The first-order valence-electron chi connectivity index (χ1n) is 7.34. The fourth-order valence-electron chi connectivity index (χ4n) is 2.03. The van der Waals surface area contributed by atoms with Gasteiger partial charge in [-0.15, -0.1) is 21.5 Å². The molecule has 0 atom stereocenters. The normalized spacial score (nSPS) is 11.0. The molecular formula is C17H17N3O2S. The molecule has 1 N–H and O–H groups in total. The quantitative estimate of drug-likeness (QED) is 0.767. The molecule has 0 bridgehead atoms. The van der Waals surface area contributed by atoms with Gasteiger partial charge in [-0.25, -0.2) is 0 Å². The Bertz CT molecular complexity index is 818. The molecule has 0 aliphatic heterocycles. The summed E-state index contributed by atoms with van der Waals surface area (Å²) < 4.78 is 5.67. The molecule has 6 heteroatoms. The fourth-order valence-corrected chi connectivity index (χ4v) is 2.80. The number of hydrogen-bond donors (Lipinski definition) is 1. The number of nitrogens with one attached hydrogen (secondary N) is 1. The Morgan fingerprint density at radius 2 is 1.91 bits per heavy atom. The van der Waals surface area contributed by atoms with E-state index in [4.69, 9.17) is 4.42 Å². The third-order valence-electron chi connectivity index (χ3n) is 3.36. The molecule has 1 aromatic carbocycles. The van der Waals surface area contributed by atoms with Crippen LogP contribution >= 0.6 is 11.3 Å². The highest BCUT2D eigenvalue weighted by Crippen LogP contribution is 2.33. The summed E-state index contributed by atoms with van der Waals surface area (Å²) in [6.07, 6.45) is 0. The van der Waals surface area contributed by atoms with E-state index in [1.807, 2.05) is 44.4 Å². The molecule has 0 aliphatic rings. The number of aryl methyl sites for hydroxylation is 1. The molecular weight excluding hydrogens is 310 g/mol. The Hall–Kier alpha value is -2.47. The molecule has 118 valence electrons. The maximum Gasteiger partial charge on any atom is 0.259 e. The van der Waals surface area contributed by atoms with Crippen molar-refractivity contribution in [3.63, 3.8) is 0 Å². The zero-order valence-corrected chi connectivity index (χ0v) is 14.0. The second-order valence-corrected chi connectivity index (χ2v) is 6.50. The van der Waals surface area contributed by atoms with Gasteiger partial charge < -0.3 is 9.73 Å². The van der Waals surface area contributed by atoms with Gasteiger partial charge >= 0.3 is 0 Å². The van der Waals surface area contributed by atoms with Crippen LogP contribution in [0.1, 0.15) is 41.6 Å². The smallest absolute Gasteiger partial charge is 0.259 e. The van der Waals surface area contributed by atoms with E-state index < -0.39 is 0 Å². The highest BCUT2D eigenvalue weighted by atomic mass is 32.1. The second kappa shape index (κ2) is 6.34. The maximum atomic E-state index is 12.3. The van der Waals surface area contributed by atoms with Crippen molar-refractivity contribution in [3.8, 4) is 10.8 Å². The lowest BCUT2D eigenvalue weighted by Gasteiger charge is -2.05. The summed E-state index contributed by atoms with van der Waals surface area (Å²) in [5.74, 6) is 1.03. The predicted octanol–water partition coefficient (Wildman–Crippen LogP) is 4.48. The van der Waals surface area contributed by atoms with E-state index in [9.17, 15) is 4.79 Å². The van der Waals surface area contributed by atoms with Gasteiger partial charge in [0, 0.05) is 11.5 Å². The van der Waals surface area contributed by atoms with Crippen molar-refractivity contribution in [2.24, 2.45) is 0 Å². The minimum absolute atomic E-state index is 0.159. The molecule has 2 heterocycles. The van der Waals surface area contributed by atoms with Gasteiger partial charge in [0.2, 0.25) is 5.89 Å². The lowest BCUT2D eigenvalue weighted by molar-refractivity contribution is 0.102. The minimum Gasteiger partial charge on any atom is -0.420 e. The van der Waals surface area contributed by atoms with Crippen LogP contribution in [0.3, 0.4) is 0 Å². The third-order valence-corrected chi connectivity index (χ3v) is 4.26. The number of hydrogen-bond acceptors (Lipinski definition) is 5. The maximum absolute atomic E-state index is 12.3. The highest BCUT2D eigenvalue weighted by molar-refractivity contribution is 7.14. The SMILES string of the molecule is Cc1ccc(C(=O)Nc2ccsc2-c2nnc(C(C)C)o2)cc1. The standard InChI is InChI=1S/C17H17N3O2S/c1-10(2)16-19-20-17(22-16)14-13(8-9-23-14)18-15(21)12-6-4-11(3)5-7-12/h4-10H,1-3H3,(H,18,21). The average molecular weight is 327 g/mol. The summed E-state index contributed by atoms with van der Waals surface area (Å²) in [4.78, 5) is 13.1. The van der Waals surface area contributed by atoms with Crippen LogP contribution < -0.4 is 5.32 Å². The number of thiophene rings is 1. The number of aromatic nitrogens is 2. The Morgan fingerprint density at radius 3 is 2.57 bits per heavy atom. The van der Waals surface area contributed by atoms with Gasteiger partial charge in [0.05, 0.1) is 5.69 Å². The van der Waals surface area contributed by atoms with Gasteiger partial charge in [-0.05, 0) is 30.5 Å². The zero-order valence-electron chi connectivity index (χ0n) is 13.2. The molecule has 0 radical (unpaired) electrons. The first kappa shape index (κ1) is 15.4. The van der Waals surface area contributed by atoms with Crippen LogP contribution in [-0.2, 0) is 0 Å². The molecule has 23 heavy (non-hydrogen) atoms. The second-order valence-electron chi connectivity index (χ2n) is 5.58. The Morgan fingerprint density at radius 1 is 1.17 bits per heavy atom. The average Bonchev–Trinajstić information content (AvgIpc) is 3.16. The minimum atomic E-state index is -0.159. The van der Waals surface area contributed by atoms with Gasteiger partial charge in [0.15, 0.2) is 0 Å². The number of carbonyl (C=O) groups is 1. The molecule has 0 unspecified atom stereocenters. The van der Waals surface area contributed by atoms with Crippen LogP contribution in [0.25, 0.3) is 10.8 Å². The first-order valence-corrected chi connectivity index (χ1v) is 8.22. The number of benzene rings is 1. The van der Waals surface area contributed by atoms with Gasteiger partial charge in [-0.3, -0.25) is 4.79 Å². The largest absolute Gasteiger partial charge is 0.420 e. The van der Waals surface area contributed by atoms with E-state index in [1.54, 1.807) is 12.1 Å². The Labute approximate surface area is 138 Å². The van der Waals surface area contributed by atoms with Crippen LogP contribution in [0, 0.1) is 6.92 Å². The van der Waals surface area contributed by atoms with Crippen molar-refractivity contribution in [2.45, 2.75) is 26.7 Å². The zero-order chi connectivity index (χ0) is 16.4. The first-order chi connectivity index (χ1) is 11.0. The van der Waals surface area contributed by atoms with Crippen molar-refractivity contribution < 1.29 is 9.21 Å². The predicted molar refractivity (Wildman–Crippen MR) is 90.8 cm³/mol. The molecule has 0 fully saturated rings. The van der Waals surface area contributed by atoms with Gasteiger partial charge in [-0.2, -0.15) is 0 Å². The summed E-state index contributed by atoms with van der Waals surface area (Å²) in [7, 11) is 0. The fraction of sp³-hybridized carbons (Fsp3) is 0.235. The molecule has 0 aliphatic carbocycles. The summed E-state index contributed by atoms with van der Waals surface area (Å²) in [5, 5.41) is 12.9. The van der Waals surface area contributed by atoms with Crippen LogP contribution in [0.15, 0.2) is 40.1 Å². The molecule has 0 spiro atoms. The van der Waals surface area contributed by atoms with Crippen LogP contribution in [0.4, 0.5) is 5.69 Å². The molecule has 2 aromatic heterocycles. The van der Waals surface area contributed by atoms with E-state index in [1.165, 1.54) is 11.3 Å². The summed E-state index contributed by atoms with van der Waals surface area (Å²) >= 11 is 1.46. The lowest BCUT2D eigenvalue weighted by Crippen LogP contribution is -2.11. The molecule has 3 aromatic rings. The van der Waals surface area contributed by atoms with E-state index in [2.05, 4.69) is 15.5 Å². The Kier molecular flexibility index (Phi) is 4.25. The van der Waals surface area contributed by atoms with Crippen molar-refractivity contribution in [1.82, 2.24) is 10.2 Å². The van der Waals surface area contributed by atoms with Gasteiger partial charge in [0.25, 0.3) is 11.8 Å². The highest BCUT2D eigenvalue weighted by Gasteiger charge is 2.17. The summed E-state index contributed by atoms with van der Waals surface area (Å²) in [5.41, 5.74) is 2.41. The topological polar surface area (TPSA) is 68.0 Å². The van der Waals surface area contributed by atoms with Crippen molar-refractivity contribution in [3.05, 3.63) is 52.7 Å². The molecule has 0 saturated carbocycles. The van der Waals surface area contributed by atoms with Gasteiger partial charge in [0.1, 0.15) is 4.88 Å². The van der Waals surface area contributed by atoms with Crippen LogP contribution in [-0.4, -0.2) is 16.1 Å². The van der Waals surface area contributed by atoms with E-state index in [0.717, 1.165) is 10.4 Å². The van der Waals surface area contributed by atoms with Crippen LogP contribution in [0.5, 0.6) is 0 Å². The monoisotopic (exact) mass is 327 g/mol. The van der Waals surface area contributed by atoms with Crippen LogP contribution in [0.2, 0.25) is 0 Å². The van der Waals surface area contributed by atoms with Gasteiger partial charge in [-0.1, -0.05) is 31.5 Å². The molecule has 3 rings (SSSR count). The molecule has 5 nitrogen and oxygen atoms in total. The molecule has 1 amide bonds. The number of carbonyl (C=O) groups excluding carboxylic acids is 1. The summed E-state index contributed by atoms with van der Waals surface area (Å²) in [6.45, 7) is 5.97.